The van der Waals surface area contributed by atoms with Crippen molar-refractivity contribution in [3.05, 3.63) is 53.9 Å². The van der Waals surface area contributed by atoms with Gasteiger partial charge in [-0.05, 0) is 48.7 Å². The molecule has 1 N–H and O–H groups in total. The van der Waals surface area contributed by atoms with E-state index in [2.05, 4.69) is 9.71 Å². The third-order valence-electron chi connectivity index (χ3n) is 3.42. The Bertz CT molecular complexity index is 730. The summed E-state index contributed by atoms with van der Waals surface area (Å²) in [5, 5.41) is 0. The monoisotopic (exact) mass is 320 g/mol. The van der Waals surface area contributed by atoms with Crippen LogP contribution in [0, 0.1) is 6.92 Å². The molecule has 0 bridgehead atoms. The molecule has 0 aliphatic carbocycles. The number of nitrogens with one attached hydrogen (secondary N) is 1. The topological polar surface area (TPSA) is 68.3 Å². The minimum absolute atomic E-state index is 0.155. The molecule has 22 heavy (non-hydrogen) atoms. The minimum atomic E-state index is -3.68. The fraction of sp³-hybridized carbons (Fsp3) is 0.312. The summed E-state index contributed by atoms with van der Waals surface area (Å²) in [4.78, 5) is 4.11. The van der Waals surface area contributed by atoms with Crippen LogP contribution in [0.5, 0.6) is 5.75 Å². The van der Waals surface area contributed by atoms with Crippen LogP contribution in [0.15, 0.2) is 47.6 Å². The number of benzene rings is 1. The maximum absolute atomic E-state index is 12.7. The lowest BCUT2D eigenvalue weighted by Crippen LogP contribution is -2.28. The van der Waals surface area contributed by atoms with Crippen LogP contribution < -0.4 is 9.46 Å². The van der Waals surface area contributed by atoms with Crippen LogP contribution >= 0.6 is 0 Å². The molecule has 1 aromatic heterocycles. The first-order valence-corrected chi connectivity index (χ1v) is 8.53. The van der Waals surface area contributed by atoms with E-state index in [1.807, 2.05) is 32.0 Å². The highest BCUT2D eigenvalue weighted by molar-refractivity contribution is 7.89. The molecule has 0 fully saturated rings. The molecule has 0 saturated carbocycles. The van der Waals surface area contributed by atoms with Gasteiger partial charge < -0.3 is 4.74 Å². The summed E-state index contributed by atoms with van der Waals surface area (Å²) >= 11 is 0. The first kappa shape index (κ1) is 16.5. The van der Waals surface area contributed by atoms with E-state index in [1.165, 1.54) is 7.11 Å². The van der Waals surface area contributed by atoms with Gasteiger partial charge >= 0.3 is 0 Å². The van der Waals surface area contributed by atoms with Crippen molar-refractivity contribution in [2.75, 3.05) is 7.11 Å². The third kappa shape index (κ3) is 3.64. The summed E-state index contributed by atoms with van der Waals surface area (Å²) < 4.78 is 33.3. The van der Waals surface area contributed by atoms with Gasteiger partial charge in [0.15, 0.2) is 0 Å². The Hall–Kier alpha value is -1.92. The van der Waals surface area contributed by atoms with Crippen molar-refractivity contribution in [1.82, 2.24) is 9.71 Å². The molecule has 0 saturated heterocycles. The molecule has 1 aromatic carbocycles. The van der Waals surface area contributed by atoms with E-state index in [0.29, 0.717) is 12.2 Å². The zero-order valence-electron chi connectivity index (χ0n) is 12.9. The molecule has 1 atom stereocenters. The molecule has 2 aromatic rings. The average molecular weight is 320 g/mol. The summed E-state index contributed by atoms with van der Waals surface area (Å²) in [5.74, 6) is 0.336. The van der Waals surface area contributed by atoms with Gasteiger partial charge in [-0.3, -0.25) is 4.98 Å². The highest BCUT2D eigenvalue weighted by Crippen LogP contribution is 2.27. The second-order valence-corrected chi connectivity index (χ2v) is 6.70. The molecule has 0 unspecified atom stereocenters. The van der Waals surface area contributed by atoms with Crippen molar-refractivity contribution in [2.45, 2.75) is 31.2 Å². The Morgan fingerprint density at radius 2 is 1.91 bits per heavy atom. The highest BCUT2D eigenvalue weighted by atomic mass is 32.2. The fourth-order valence-electron chi connectivity index (χ4n) is 2.23. The summed E-state index contributed by atoms with van der Waals surface area (Å²) in [6.07, 6.45) is 3.94. The number of aromatic nitrogens is 1. The highest BCUT2D eigenvalue weighted by Gasteiger charge is 2.23. The molecule has 0 spiro atoms. The van der Waals surface area contributed by atoms with Gasteiger partial charge in [0.25, 0.3) is 0 Å². The van der Waals surface area contributed by atoms with Gasteiger partial charge in [-0.1, -0.05) is 13.0 Å². The fourth-order valence-corrected chi connectivity index (χ4v) is 3.79. The number of methoxy groups -OCH3 is 1. The Labute approximate surface area is 131 Å². The third-order valence-corrected chi connectivity index (χ3v) is 4.92. The lowest BCUT2D eigenvalue weighted by Gasteiger charge is -2.18. The molecule has 118 valence electrons. The van der Waals surface area contributed by atoms with Crippen molar-refractivity contribution in [3.63, 3.8) is 0 Å². The molecular weight excluding hydrogens is 300 g/mol. The van der Waals surface area contributed by atoms with E-state index in [-0.39, 0.29) is 10.9 Å². The summed E-state index contributed by atoms with van der Waals surface area (Å²) in [6.45, 7) is 3.78. The number of nitrogens with zero attached hydrogens (tertiary/aromatic N) is 1. The summed E-state index contributed by atoms with van der Waals surface area (Å²) in [6, 6.07) is 8.41. The van der Waals surface area contributed by atoms with E-state index in [9.17, 15) is 8.42 Å². The predicted octanol–water partition coefficient (Wildman–Crippen LogP) is 2.83. The van der Waals surface area contributed by atoms with Gasteiger partial charge in [0.2, 0.25) is 10.0 Å². The van der Waals surface area contributed by atoms with Gasteiger partial charge in [-0.25, -0.2) is 13.1 Å². The molecule has 0 amide bonds. The largest absolute Gasteiger partial charge is 0.495 e. The zero-order valence-corrected chi connectivity index (χ0v) is 13.7. The Morgan fingerprint density at radius 3 is 2.50 bits per heavy atom. The Morgan fingerprint density at radius 1 is 1.23 bits per heavy atom. The average Bonchev–Trinajstić information content (AvgIpc) is 2.53. The number of hydrogen-bond donors (Lipinski definition) is 1. The number of pyridine rings is 1. The van der Waals surface area contributed by atoms with Gasteiger partial charge in [-0.15, -0.1) is 0 Å². The summed E-state index contributed by atoms with van der Waals surface area (Å²) in [5.41, 5.74) is 1.74. The lowest BCUT2D eigenvalue weighted by molar-refractivity contribution is 0.401. The SMILES string of the molecule is CC[C@@H](NS(=O)(=O)c1cc(C)ccc1OC)c1ccncc1. The van der Waals surface area contributed by atoms with Gasteiger partial charge in [0.05, 0.1) is 7.11 Å². The first-order chi connectivity index (χ1) is 10.5. The maximum Gasteiger partial charge on any atom is 0.244 e. The quantitative estimate of drug-likeness (QED) is 0.888. The lowest BCUT2D eigenvalue weighted by atomic mass is 10.1. The van der Waals surface area contributed by atoms with Crippen LogP contribution in [0.1, 0.15) is 30.5 Å². The van der Waals surface area contributed by atoms with Crippen molar-refractivity contribution in [2.24, 2.45) is 0 Å². The number of aryl methyl sites for hydroxylation is 1. The molecule has 0 aliphatic rings. The standard InChI is InChI=1S/C16H20N2O3S/c1-4-14(13-7-9-17-10-8-13)18-22(19,20)16-11-12(2)5-6-15(16)21-3/h5-11,14,18H,4H2,1-3H3/t14-/m1/s1. The molecule has 5 nitrogen and oxygen atoms in total. The number of hydrogen-bond acceptors (Lipinski definition) is 4. The smallest absolute Gasteiger partial charge is 0.244 e. The van der Waals surface area contributed by atoms with Gasteiger partial charge in [-0.2, -0.15) is 0 Å². The number of ether oxygens (including phenoxy) is 1. The molecule has 1 heterocycles. The van der Waals surface area contributed by atoms with Crippen LogP contribution in [-0.2, 0) is 10.0 Å². The number of rotatable bonds is 6. The normalized spacial score (nSPS) is 12.9. The van der Waals surface area contributed by atoms with E-state index in [4.69, 9.17) is 4.74 Å². The zero-order chi connectivity index (χ0) is 16.2. The van der Waals surface area contributed by atoms with Crippen LogP contribution in [-0.4, -0.2) is 20.5 Å². The van der Waals surface area contributed by atoms with Crippen molar-refractivity contribution in [1.29, 1.82) is 0 Å². The summed E-state index contributed by atoms with van der Waals surface area (Å²) in [7, 11) is -2.22. The Kier molecular flexibility index (Phi) is 5.15. The van der Waals surface area contributed by atoms with Gasteiger partial charge in [0, 0.05) is 18.4 Å². The van der Waals surface area contributed by atoms with Crippen molar-refractivity contribution in [3.8, 4) is 5.75 Å². The second kappa shape index (κ2) is 6.89. The van der Waals surface area contributed by atoms with Crippen molar-refractivity contribution >= 4 is 10.0 Å². The number of sulfonamides is 1. The minimum Gasteiger partial charge on any atom is -0.495 e. The van der Waals surface area contributed by atoms with Crippen molar-refractivity contribution < 1.29 is 13.2 Å². The van der Waals surface area contributed by atoms with Crippen LogP contribution in [0.2, 0.25) is 0 Å². The van der Waals surface area contributed by atoms with Crippen LogP contribution in [0.3, 0.4) is 0 Å². The van der Waals surface area contributed by atoms with Gasteiger partial charge in [0.1, 0.15) is 10.6 Å². The second-order valence-electron chi connectivity index (χ2n) is 5.02. The molecular formula is C16H20N2O3S. The molecule has 0 aliphatic heterocycles. The Balaban J connectivity index is 2.37. The molecule has 6 heteroatoms. The van der Waals surface area contributed by atoms with E-state index < -0.39 is 10.0 Å². The van der Waals surface area contributed by atoms with E-state index >= 15 is 0 Å². The molecule has 2 rings (SSSR count). The van der Waals surface area contributed by atoms with E-state index in [1.54, 1.807) is 24.5 Å². The maximum atomic E-state index is 12.7. The molecule has 0 radical (unpaired) electrons. The predicted molar refractivity (Wildman–Crippen MR) is 85.3 cm³/mol. The van der Waals surface area contributed by atoms with E-state index in [0.717, 1.165) is 11.1 Å². The van der Waals surface area contributed by atoms with Crippen LogP contribution in [0.25, 0.3) is 0 Å². The van der Waals surface area contributed by atoms with Crippen LogP contribution in [0.4, 0.5) is 0 Å². The first-order valence-electron chi connectivity index (χ1n) is 7.05.